The van der Waals surface area contributed by atoms with Crippen molar-refractivity contribution < 1.29 is 4.74 Å². The van der Waals surface area contributed by atoms with Gasteiger partial charge in [0.15, 0.2) is 0 Å². The molecule has 1 atom stereocenters. The van der Waals surface area contributed by atoms with Crippen LogP contribution in [0.3, 0.4) is 0 Å². The molecule has 0 radical (unpaired) electrons. The van der Waals surface area contributed by atoms with Gasteiger partial charge in [0.2, 0.25) is 0 Å². The summed E-state index contributed by atoms with van der Waals surface area (Å²) in [5.41, 5.74) is 3.76. The zero-order chi connectivity index (χ0) is 19.7. The van der Waals surface area contributed by atoms with Crippen LogP contribution in [0.1, 0.15) is 31.7 Å². The molecule has 4 aromatic rings. The van der Waals surface area contributed by atoms with Crippen molar-refractivity contribution in [2.24, 2.45) is 7.05 Å². The zero-order valence-electron chi connectivity index (χ0n) is 16.4. The lowest BCUT2D eigenvalue weighted by molar-refractivity contribution is 0.483. The van der Waals surface area contributed by atoms with E-state index in [0.717, 1.165) is 34.4 Å². The summed E-state index contributed by atoms with van der Waals surface area (Å²) in [7, 11) is 1.77. The van der Waals surface area contributed by atoms with Crippen molar-refractivity contribution in [2.75, 3.05) is 0 Å². The number of aryl methyl sites for hydroxylation is 1. The van der Waals surface area contributed by atoms with Gasteiger partial charge in [-0.25, -0.2) is 0 Å². The van der Waals surface area contributed by atoms with Crippen molar-refractivity contribution in [2.45, 2.75) is 26.2 Å². The molecule has 142 valence electrons. The third-order valence-electron chi connectivity index (χ3n) is 5.34. The molecule has 1 unspecified atom stereocenters. The average molecular weight is 372 g/mol. The number of rotatable bonds is 5. The van der Waals surface area contributed by atoms with E-state index in [0.29, 0.717) is 11.4 Å². The van der Waals surface area contributed by atoms with Crippen molar-refractivity contribution in [3.8, 4) is 22.6 Å². The number of aromatic nitrogens is 2. The van der Waals surface area contributed by atoms with Crippen molar-refractivity contribution >= 4 is 10.9 Å². The van der Waals surface area contributed by atoms with Gasteiger partial charge >= 0.3 is 0 Å². The van der Waals surface area contributed by atoms with Gasteiger partial charge in [-0.1, -0.05) is 44.2 Å². The van der Waals surface area contributed by atoms with Crippen molar-refractivity contribution in [3.05, 3.63) is 82.9 Å². The Morgan fingerprint density at radius 3 is 2.71 bits per heavy atom. The highest BCUT2D eigenvalue weighted by atomic mass is 16.5. The second-order valence-electron chi connectivity index (χ2n) is 7.21. The van der Waals surface area contributed by atoms with E-state index in [4.69, 9.17) is 4.74 Å². The lowest BCUT2D eigenvalue weighted by Crippen LogP contribution is -2.16. The Bertz CT molecular complexity index is 1190. The van der Waals surface area contributed by atoms with E-state index >= 15 is 0 Å². The van der Waals surface area contributed by atoms with Gasteiger partial charge in [-0.15, -0.1) is 0 Å². The van der Waals surface area contributed by atoms with Crippen LogP contribution in [0.5, 0.6) is 11.5 Å². The average Bonchev–Trinajstić information content (AvgIpc) is 3.21. The van der Waals surface area contributed by atoms with Crippen molar-refractivity contribution in [1.82, 2.24) is 9.55 Å². The minimum absolute atomic E-state index is 0.0385. The Kier molecular flexibility index (Phi) is 4.78. The molecule has 28 heavy (non-hydrogen) atoms. The summed E-state index contributed by atoms with van der Waals surface area (Å²) in [4.78, 5) is 15.4. The van der Waals surface area contributed by atoms with Crippen LogP contribution in [0.2, 0.25) is 0 Å². The number of pyridine rings is 1. The number of benzene rings is 2. The summed E-state index contributed by atoms with van der Waals surface area (Å²) in [6.07, 6.45) is 4.76. The highest BCUT2D eigenvalue weighted by Gasteiger charge is 2.14. The number of fused-ring (bicyclic) bond motifs is 1. The summed E-state index contributed by atoms with van der Waals surface area (Å²) in [5, 5.41) is 0.896. The summed E-state index contributed by atoms with van der Waals surface area (Å²) in [6, 6.07) is 18.2. The first-order valence-corrected chi connectivity index (χ1v) is 9.62. The van der Waals surface area contributed by atoms with E-state index in [-0.39, 0.29) is 5.56 Å². The quantitative estimate of drug-likeness (QED) is 0.478. The molecule has 2 aromatic heterocycles. The van der Waals surface area contributed by atoms with Crippen LogP contribution in [0.4, 0.5) is 0 Å². The summed E-state index contributed by atoms with van der Waals surface area (Å²) in [5.74, 6) is 2.08. The Labute approximate surface area is 164 Å². The Morgan fingerprint density at radius 2 is 1.89 bits per heavy atom. The molecule has 0 fully saturated rings. The van der Waals surface area contributed by atoms with Crippen LogP contribution in [0.15, 0.2) is 71.8 Å². The summed E-state index contributed by atoms with van der Waals surface area (Å²) in [6.45, 7) is 4.41. The maximum Gasteiger partial charge on any atom is 0.274 e. The van der Waals surface area contributed by atoms with E-state index in [2.05, 4.69) is 31.0 Å². The van der Waals surface area contributed by atoms with E-state index in [1.807, 2.05) is 48.7 Å². The van der Waals surface area contributed by atoms with Gasteiger partial charge < -0.3 is 14.3 Å². The Morgan fingerprint density at radius 1 is 1.07 bits per heavy atom. The molecule has 0 saturated heterocycles. The molecule has 4 heteroatoms. The van der Waals surface area contributed by atoms with E-state index in [1.165, 1.54) is 5.56 Å². The fraction of sp³-hybridized carbons (Fsp3) is 0.208. The number of ether oxygens (including phenoxy) is 1. The Hall–Kier alpha value is -3.27. The van der Waals surface area contributed by atoms with Crippen LogP contribution in [0.25, 0.3) is 22.0 Å². The highest BCUT2D eigenvalue weighted by Crippen LogP contribution is 2.36. The minimum atomic E-state index is -0.0385. The lowest BCUT2D eigenvalue weighted by atomic mass is 9.98. The van der Waals surface area contributed by atoms with Crippen LogP contribution in [0, 0.1) is 0 Å². The number of hydrogen-bond acceptors (Lipinski definition) is 2. The first kappa shape index (κ1) is 18.1. The third-order valence-corrected chi connectivity index (χ3v) is 5.34. The molecule has 0 bridgehead atoms. The van der Waals surface area contributed by atoms with Crippen LogP contribution in [-0.2, 0) is 7.05 Å². The maximum absolute atomic E-state index is 12.4. The molecule has 0 aliphatic rings. The molecular weight excluding hydrogens is 348 g/mol. The van der Waals surface area contributed by atoms with E-state index < -0.39 is 0 Å². The molecule has 0 aliphatic carbocycles. The molecule has 2 aromatic carbocycles. The second kappa shape index (κ2) is 7.39. The Balaban J connectivity index is 1.80. The smallest absolute Gasteiger partial charge is 0.274 e. The molecule has 0 aliphatic heterocycles. The number of H-pyrrole nitrogens is 1. The molecule has 4 rings (SSSR count). The van der Waals surface area contributed by atoms with Gasteiger partial charge in [0.1, 0.15) is 17.0 Å². The van der Waals surface area contributed by atoms with Gasteiger partial charge in [0.25, 0.3) is 5.56 Å². The third kappa shape index (κ3) is 3.22. The second-order valence-corrected chi connectivity index (χ2v) is 7.21. The topological polar surface area (TPSA) is 47.0 Å². The number of para-hydroxylation sites is 1. The summed E-state index contributed by atoms with van der Waals surface area (Å²) >= 11 is 0. The first-order valence-electron chi connectivity index (χ1n) is 9.62. The van der Waals surface area contributed by atoms with E-state index in [1.54, 1.807) is 17.8 Å². The number of nitrogens with one attached hydrogen (secondary N) is 1. The monoisotopic (exact) mass is 372 g/mol. The standard InChI is InChI=1S/C24H24N2O2/c1-4-16(2)17-8-7-9-18(14-17)28-22-11-6-5-10-19(22)21-15-26(3)24(27)23-20(21)12-13-25-23/h5-16,25H,4H2,1-3H3. The fourth-order valence-electron chi connectivity index (χ4n) is 3.51. The van der Waals surface area contributed by atoms with Gasteiger partial charge in [0, 0.05) is 36.0 Å². The molecule has 0 saturated carbocycles. The van der Waals surface area contributed by atoms with Gasteiger partial charge in [-0.2, -0.15) is 0 Å². The van der Waals surface area contributed by atoms with Gasteiger partial charge in [-0.3, -0.25) is 4.79 Å². The fourth-order valence-corrected chi connectivity index (χ4v) is 3.51. The summed E-state index contributed by atoms with van der Waals surface area (Å²) < 4.78 is 7.90. The van der Waals surface area contributed by atoms with Crippen molar-refractivity contribution in [1.29, 1.82) is 0 Å². The number of nitrogens with zero attached hydrogens (tertiary/aromatic N) is 1. The number of aromatic amines is 1. The molecule has 1 N–H and O–H groups in total. The highest BCUT2D eigenvalue weighted by molar-refractivity contribution is 5.95. The maximum atomic E-state index is 12.4. The first-order chi connectivity index (χ1) is 13.6. The largest absolute Gasteiger partial charge is 0.457 e. The predicted molar refractivity (Wildman–Crippen MR) is 114 cm³/mol. The lowest BCUT2D eigenvalue weighted by Gasteiger charge is -2.15. The molecule has 0 amide bonds. The molecular formula is C24H24N2O2. The molecule has 0 spiro atoms. The minimum Gasteiger partial charge on any atom is -0.457 e. The van der Waals surface area contributed by atoms with E-state index in [9.17, 15) is 4.79 Å². The van der Waals surface area contributed by atoms with Crippen LogP contribution in [-0.4, -0.2) is 9.55 Å². The predicted octanol–water partition coefficient (Wildman–Crippen LogP) is 5.84. The SMILES string of the molecule is CCC(C)c1cccc(Oc2ccccc2-c2cn(C)c(=O)c3[nH]ccc23)c1. The molecule has 4 nitrogen and oxygen atoms in total. The van der Waals surface area contributed by atoms with Crippen molar-refractivity contribution in [3.63, 3.8) is 0 Å². The van der Waals surface area contributed by atoms with Gasteiger partial charge in [0.05, 0.1) is 0 Å². The molecule has 2 heterocycles. The van der Waals surface area contributed by atoms with Crippen LogP contribution < -0.4 is 10.3 Å². The number of hydrogen-bond donors (Lipinski definition) is 1. The zero-order valence-corrected chi connectivity index (χ0v) is 16.4. The normalized spacial score (nSPS) is 12.2. The van der Waals surface area contributed by atoms with Crippen LogP contribution >= 0.6 is 0 Å². The van der Waals surface area contributed by atoms with Gasteiger partial charge in [-0.05, 0) is 42.2 Å².